The first-order chi connectivity index (χ1) is 8.18. The summed E-state index contributed by atoms with van der Waals surface area (Å²) in [6.07, 6.45) is 3.14. The van der Waals surface area contributed by atoms with E-state index in [0.717, 1.165) is 36.0 Å². The molecule has 5 heteroatoms. The van der Waals surface area contributed by atoms with Crippen molar-refractivity contribution in [3.63, 3.8) is 0 Å². The van der Waals surface area contributed by atoms with Gasteiger partial charge in [0.05, 0.1) is 21.2 Å². The summed E-state index contributed by atoms with van der Waals surface area (Å²) in [6.45, 7) is 0.912. The molecule has 0 radical (unpaired) electrons. The highest BCUT2D eigenvalue weighted by atomic mass is 79.9. The Labute approximate surface area is 114 Å². The van der Waals surface area contributed by atoms with Gasteiger partial charge in [-0.3, -0.25) is 4.79 Å². The molecule has 1 saturated heterocycles. The number of amides is 1. The third-order valence-corrected chi connectivity index (χ3v) is 4.23. The van der Waals surface area contributed by atoms with Gasteiger partial charge in [-0.25, -0.2) is 0 Å². The average Bonchev–Trinajstić information content (AvgIpc) is 2.36. The predicted octanol–water partition coefficient (Wildman–Crippen LogP) is 3.18. The monoisotopic (exact) mass is 316 g/mol. The Kier molecular flexibility index (Phi) is 4.42. The third-order valence-electron chi connectivity index (χ3n) is 2.84. The molecule has 17 heavy (non-hydrogen) atoms. The highest BCUT2D eigenvalue weighted by Gasteiger charge is 2.21. The maximum absolute atomic E-state index is 12.0. The van der Waals surface area contributed by atoms with Gasteiger partial charge in [0.1, 0.15) is 0 Å². The van der Waals surface area contributed by atoms with E-state index in [0.29, 0.717) is 5.02 Å². The van der Waals surface area contributed by atoms with Gasteiger partial charge in [0.25, 0.3) is 0 Å². The summed E-state index contributed by atoms with van der Waals surface area (Å²) in [4.78, 5) is 12.0. The molecule has 1 aromatic carbocycles. The SMILES string of the molecule is O=C(Nc1cccc(Cl)c1Br)[C@@H]1CCCCN1. The number of hydrogen-bond donors (Lipinski definition) is 2. The van der Waals surface area contributed by atoms with Gasteiger partial charge in [0, 0.05) is 0 Å². The van der Waals surface area contributed by atoms with E-state index in [2.05, 4.69) is 26.6 Å². The van der Waals surface area contributed by atoms with Crippen molar-refractivity contribution in [1.29, 1.82) is 0 Å². The van der Waals surface area contributed by atoms with Crippen LogP contribution in [0.2, 0.25) is 5.02 Å². The Bertz CT molecular complexity index is 419. The minimum atomic E-state index is -0.0883. The summed E-state index contributed by atoms with van der Waals surface area (Å²) in [5, 5.41) is 6.70. The van der Waals surface area contributed by atoms with Crippen LogP contribution in [0.5, 0.6) is 0 Å². The van der Waals surface area contributed by atoms with Crippen LogP contribution in [0.15, 0.2) is 22.7 Å². The summed E-state index contributed by atoms with van der Waals surface area (Å²) in [5.74, 6) is 0.00710. The van der Waals surface area contributed by atoms with Gasteiger partial charge in [-0.1, -0.05) is 24.1 Å². The largest absolute Gasteiger partial charge is 0.324 e. The molecule has 2 rings (SSSR count). The molecule has 0 aromatic heterocycles. The van der Waals surface area contributed by atoms with E-state index in [1.54, 1.807) is 6.07 Å². The molecule has 2 N–H and O–H groups in total. The van der Waals surface area contributed by atoms with Crippen molar-refractivity contribution in [1.82, 2.24) is 5.32 Å². The molecule has 1 atom stereocenters. The van der Waals surface area contributed by atoms with Gasteiger partial charge in [0.2, 0.25) is 5.91 Å². The second-order valence-corrected chi connectivity index (χ2v) is 5.29. The van der Waals surface area contributed by atoms with Crippen LogP contribution >= 0.6 is 27.5 Å². The number of rotatable bonds is 2. The van der Waals surface area contributed by atoms with Crippen LogP contribution in [0.1, 0.15) is 19.3 Å². The number of carbonyl (C=O) groups excluding carboxylic acids is 1. The smallest absolute Gasteiger partial charge is 0.241 e. The van der Waals surface area contributed by atoms with Gasteiger partial charge in [0.15, 0.2) is 0 Å². The lowest BCUT2D eigenvalue weighted by Gasteiger charge is -2.22. The molecule has 1 fully saturated rings. The number of hydrogen-bond acceptors (Lipinski definition) is 2. The van der Waals surface area contributed by atoms with E-state index in [4.69, 9.17) is 11.6 Å². The van der Waals surface area contributed by atoms with Crippen molar-refractivity contribution >= 4 is 39.1 Å². The predicted molar refractivity (Wildman–Crippen MR) is 73.4 cm³/mol. The summed E-state index contributed by atoms with van der Waals surface area (Å²) in [5.41, 5.74) is 0.717. The Morgan fingerprint density at radius 3 is 3.00 bits per heavy atom. The maximum atomic E-state index is 12.0. The summed E-state index contributed by atoms with van der Waals surface area (Å²) >= 11 is 9.33. The number of nitrogens with one attached hydrogen (secondary N) is 2. The first-order valence-corrected chi connectivity index (χ1v) is 6.84. The Morgan fingerprint density at radius 1 is 1.47 bits per heavy atom. The first-order valence-electron chi connectivity index (χ1n) is 5.67. The highest BCUT2D eigenvalue weighted by molar-refractivity contribution is 9.10. The van der Waals surface area contributed by atoms with Gasteiger partial charge in [-0.2, -0.15) is 0 Å². The van der Waals surface area contributed by atoms with Crippen LogP contribution in [0.3, 0.4) is 0 Å². The van der Waals surface area contributed by atoms with Gasteiger partial charge in [-0.05, 0) is 47.4 Å². The highest BCUT2D eigenvalue weighted by Crippen LogP contribution is 2.30. The molecule has 1 aliphatic heterocycles. The molecule has 1 aromatic rings. The van der Waals surface area contributed by atoms with E-state index in [1.807, 2.05) is 12.1 Å². The molecule has 0 unspecified atom stereocenters. The van der Waals surface area contributed by atoms with Crippen LogP contribution in [-0.4, -0.2) is 18.5 Å². The Morgan fingerprint density at radius 2 is 2.29 bits per heavy atom. The standard InChI is InChI=1S/C12H14BrClN2O/c13-11-8(14)4-3-6-9(11)16-12(17)10-5-1-2-7-15-10/h3-4,6,10,15H,1-2,5,7H2,(H,16,17)/t10-/m0/s1. The lowest BCUT2D eigenvalue weighted by molar-refractivity contribution is -0.118. The zero-order valence-corrected chi connectivity index (χ0v) is 11.6. The summed E-state index contributed by atoms with van der Waals surface area (Å²) in [6, 6.07) is 5.34. The van der Waals surface area contributed by atoms with Gasteiger partial charge < -0.3 is 10.6 Å². The average molecular weight is 318 g/mol. The topological polar surface area (TPSA) is 41.1 Å². The number of carbonyl (C=O) groups is 1. The lowest BCUT2D eigenvalue weighted by Crippen LogP contribution is -2.43. The molecule has 1 amide bonds. The molecular weight excluding hydrogens is 304 g/mol. The number of halogens is 2. The minimum Gasteiger partial charge on any atom is -0.324 e. The quantitative estimate of drug-likeness (QED) is 0.879. The second-order valence-electron chi connectivity index (χ2n) is 4.09. The first kappa shape index (κ1) is 12.9. The van der Waals surface area contributed by atoms with Gasteiger partial charge in [-0.15, -0.1) is 0 Å². The number of benzene rings is 1. The molecule has 3 nitrogen and oxygen atoms in total. The molecule has 0 bridgehead atoms. The van der Waals surface area contributed by atoms with Crippen LogP contribution in [-0.2, 0) is 4.79 Å². The van der Waals surface area contributed by atoms with E-state index >= 15 is 0 Å². The number of anilines is 1. The summed E-state index contributed by atoms with van der Waals surface area (Å²) in [7, 11) is 0. The zero-order chi connectivity index (χ0) is 12.3. The van der Waals surface area contributed by atoms with Crippen LogP contribution in [0, 0.1) is 0 Å². The normalized spacial score (nSPS) is 20.0. The fraction of sp³-hybridized carbons (Fsp3) is 0.417. The van der Waals surface area contributed by atoms with Crippen LogP contribution in [0.25, 0.3) is 0 Å². The summed E-state index contributed by atoms with van der Waals surface area (Å²) < 4.78 is 0.728. The molecular formula is C12H14BrClN2O. The fourth-order valence-corrected chi connectivity index (χ4v) is 2.43. The molecule has 0 spiro atoms. The van der Waals surface area contributed by atoms with Crippen molar-refractivity contribution < 1.29 is 4.79 Å². The van der Waals surface area contributed by atoms with Crippen LogP contribution < -0.4 is 10.6 Å². The van der Waals surface area contributed by atoms with Crippen molar-refractivity contribution in [2.24, 2.45) is 0 Å². The zero-order valence-electron chi connectivity index (χ0n) is 9.30. The molecule has 0 aliphatic carbocycles. The van der Waals surface area contributed by atoms with E-state index in [1.165, 1.54) is 0 Å². The lowest BCUT2D eigenvalue weighted by atomic mass is 10.0. The number of piperidine rings is 1. The third kappa shape index (κ3) is 3.21. The van der Waals surface area contributed by atoms with Crippen molar-refractivity contribution in [2.45, 2.75) is 25.3 Å². The fourth-order valence-electron chi connectivity index (χ4n) is 1.90. The maximum Gasteiger partial charge on any atom is 0.241 e. The molecule has 1 aliphatic rings. The van der Waals surface area contributed by atoms with Crippen molar-refractivity contribution in [3.05, 3.63) is 27.7 Å². The van der Waals surface area contributed by atoms with E-state index < -0.39 is 0 Å². The Hall–Kier alpha value is -0.580. The Balaban J connectivity index is 2.04. The second kappa shape index (κ2) is 5.85. The van der Waals surface area contributed by atoms with Crippen molar-refractivity contribution in [2.75, 3.05) is 11.9 Å². The van der Waals surface area contributed by atoms with Crippen molar-refractivity contribution in [3.8, 4) is 0 Å². The van der Waals surface area contributed by atoms with Crippen LogP contribution in [0.4, 0.5) is 5.69 Å². The van der Waals surface area contributed by atoms with E-state index in [-0.39, 0.29) is 11.9 Å². The van der Waals surface area contributed by atoms with E-state index in [9.17, 15) is 4.79 Å². The molecule has 92 valence electrons. The molecule has 1 heterocycles. The minimum absolute atomic E-state index is 0.00710. The van der Waals surface area contributed by atoms with Gasteiger partial charge >= 0.3 is 0 Å². The molecule has 0 saturated carbocycles.